The Bertz CT molecular complexity index is 153. The molecule has 0 aliphatic heterocycles. The van der Waals surface area contributed by atoms with Crippen molar-refractivity contribution in [1.82, 2.24) is 10.2 Å². The summed E-state index contributed by atoms with van der Waals surface area (Å²) in [7, 11) is -1.63. The largest absolute Gasteiger partial charge is 0.292 e. The van der Waals surface area contributed by atoms with Gasteiger partial charge in [0.1, 0.15) is 0 Å². The Morgan fingerprint density at radius 1 is 0.714 bits per heavy atom. The van der Waals surface area contributed by atoms with E-state index in [4.69, 9.17) is 11.0 Å². The molecule has 0 rings (SSSR count). The number of nitrogens with two attached hydrogens (primary N) is 2. The normalized spacial score (nSPS) is 18.0. The third kappa shape index (κ3) is 8.05. The van der Waals surface area contributed by atoms with Crippen LogP contribution in [0.5, 0.6) is 0 Å². The van der Waals surface area contributed by atoms with Crippen LogP contribution in [0, 0.1) is 0 Å². The van der Waals surface area contributed by atoms with Gasteiger partial charge in [0, 0.05) is 11.1 Å². The van der Waals surface area contributed by atoms with Gasteiger partial charge in [0.15, 0.2) is 0 Å². The second kappa shape index (κ2) is 5.16. The highest BCUT2D eigenvalue weighted by molar-refractivity contribution is 8.26. The summed E-state index contributed by atoms with van der Waals surface area (Å²) in [5, 5.41) is 6.65. The molecule has 0 aromatic rings. The zero-order valence-corrected chi connectivity index (χ0v) is 11.8. The lowest BCUT2D eigenvalue weighted by molar-refractivity contribution is 0.524. The Balaban J connectivity index is 4.07. The maximum Gasteiger partial charge on any atom is 0.0889 e. The average Bonchev–Trinajstić information content (AvgIpc) is 1.78. The van der Waals surface area contributed by atoms with Crippen LogP contribution in [-0.2, 0) is 0 Å². The first-order valence-electron chi connectivity index (χ1n) is 4.66. The van der Waals surface area contributed by atoms with Crippen molar-refractivity contribution in [3.8, 4) is 0 Å². The lowest BCUT2D eigenvalue weighted by Gasteiger charge is -2.33. The van der Waals surface area contributed by atoms with Crippen LogP contribution in [0.25, 0.3) is 0 Å². The van der Waals surface area contributed by atoms with Crippen LogP contribution < -0.4 is 21.2 Å². The number of rotatable bonds is 3. The van der Waals surface area contributed by atoms with Crippen LogP contribution >= 0.6 is 15.8 Å². The summed E-state index contributed by atoms with van der Waals surface area (Å²) in [4.78, 5) is 0. The highest BCUT2D eigenvalue weighted by atomic mass is 32.1. The van der Waals surface area contributed by atoms with E-state index in [1.807, 2.05) is 0 Å². The summed E-state index contributed by atoms with van der Waals surface area (Å²) in [6.45, 7) is 12.6. The zero-order valence-electron chi connectivity index (χ0n) is 10.0. The van der Waals surface area contributed by atoms with Gasteiger partial charge < -0.3 is 0 Å². The molecule has 4 nitrogen and oxygen atoms in total. The molecular formula is C8H24N4P2. The van der Waals surface area contributed by atoms with Crippen molar-refractivity contribution >= 4 is 15.8 Å². The summed E-state index contributed by atoms with van der Waals surface area (Å²) in [5.41, 5.74) is 12.1. The molecule has 0 heterocycles. The molecule has 6 heteroatoms. The van der Waals surface area contributed by atoms with Crippen molar-refractivity contribution in [2.24, 2.45) is 11.0 Å². The van der Waals surface area contributed by atoms with Gasteiger partial charge in [-0.15, -0.1) is 0 Å². The molecule has 0 aromatic heterocycles. The molecule has 0 saturated carbocycles. The summed E-state index contributed by atoms with van der Waals surface area (Å²) in [6, 6.07) is 0. The molecular weight excluding hydrogens is 214 g/mol. The zero-order chi connectivity index (χ0) is 11.6. The summed E-state index contributed by atoms with van der Waals surface area (Å²) < 4.78 is 0. The summed E-state index contributed by atoms with van der Waals surface area (Å²) in [5.74, 6) is 0. The van der Waals surface area contributed by atoms with E-state index in [1.165, 1.54) is 0 Å². The second-order valence-electron chi connectivity index (χ2n) is 5.41. The molecule has 0 amide bonds. The summed E-state index contributed by atoms with van der Waals surface area (Å²) >= 11 is 0. The quantitative estimate of drug-likeness (QED) is 0.569. The molecule has 0 saturated heterocycles. The first-order chi connectivity index (χ1) is 6.01. The standard InChI is InChI=1S/C8H24N4P2/c1-7(2,3)11-13(9)14(10)12-8(4,5)6/h11-12H,9-10H2,1-6H3. The predicted octanol–water partition coefficient (Wildman–Crippen LogP) is 2.22. The molecule has 0 aliphatic rings. The Labute approximate surface area is 90.2 Å². The minimum atomic E-state index is -0.813. The lowest BCUT2D eigenvalue weighted by atomic mass is 10.1. The van der Waals surface area contributed by atoms with Crippen molar-refractivity contribution in [2.75, 3.05) is 0 Å². The topological polar surface area (TPSA) is 76.1 Å². The molecule has 0 spiro atoms. The van der Waals surface area contributed by atoms with Crippen LogP contribution in [0.15, 0.2) is 0 Å². The first kappa shape index (κ1) is 14.7. The van der Waals surface area contributed by atoms with E-state index in [-0.39, 0.29) is 11.1 Å². The van der Waals surface area contributed by atoms with Gasteiger partial charge >= 0.3 is 0 Å². The van der Waals surface area contributed by atoms with Gasteiger partial charge in [-0.1, -0.05) is 0 Å². The molecule has 14 heavy (non-hydrogen) atoms. The van der Waals surface area contributed by atoms with E-state index in [1.54, 1.807) is 0 Å². The van der Waals surface area contributed by atoms with Crippen LogP contribution in [0.2, 0.25) is 0 Å². The second-order valence-corrected chi connectivity index (χ2v) is 9.82. The van der Waals surface area contributed by atoms with E-state index < -0.39 is 15.8 Å². The Kier molecular flexibility index (Phi) is 5.41. The molecule has 0 bridgehead atoms. The number of hydrogen-bond acceptors (Lipinski definition) is 4. The molecule has 86 valence electrons. The van der Waals surface area contributed by atoms with Gasteiger partial charge in [-0.05, 0) is 41.5 Å². The molecule has 2 unspecified atom stereocenters. The van der Waals surface area contributed by atoms with E-state index in [0.717, 1.165) is 0 Å². The van der Waals surface area contributed by atoms with Gasteiger partial charge in [0.2, 0.25) is 0 Å². The van der Waals surface area contributed by atoms with Gasteiger partial charge in [0.05, 0.1) is 15.8 Å². The van der Waals surface area contributed by atoms with Gasteiger partial charge in [-0.2, -0.15) is 0 Å². The molecule has 0 radical (unpaired) electrons. The minimum absolute atomic E-state index is 0.0277. The summed E-state index contributed by atoms with van der Waals surface area (Å²) in [6.07, 6.45) is 0. The van der Waals surface area contributed by atoms with Crippen molar-refractivity contribution in [3.63, 3.8) is 0 Å². The molecule has 0 aliphatic carbocycles. The van der Waals surface area contributed by atoms with Gasteiger partial charge in [-0.25, -0.2) is 0 Å². The van der Waals surface area contributed by atoms with Gasteiger partial charge in [-0.3, -0.25) is 21.2 Å². The van der Waals surface area contributed by atoms with Crippen LogP contribution in [0.3, 0.4) is 0 Å². The van der Waals surface area contributed by atoms with Gasteiger partial charge in [0.25, 0.3) is 0 Å². The molecule has 6 N–H and O–H groups in total. The van der Waals surface area contributed by atoms with Crippen molar-refractivity contribution in [1.29, 1.82) is 0 Å². The fraction of sp³-hybridized carbons (Fsp3) is 1.00. The SMILES string of the molecule is CC(C)(C)NP(N)P(N)NC(C)(C)C. The Hall–Kier alpha value is 0.700. The maximum atomic E-state index is 6.01. The molecule has 2 atom stereocenters. The average molecular weight is 238 g/mol. The fourth-order valence-corrected chi connectivity index (χ4v) is 4.83. The smallest absolute Gasteiger partial charge is 0.0889 e. The van der Waals surface area contributed by atoms with E-state index >= 15 is 0 Å². The van der Waals surface area contributed by atoms with Crippen molar-refractivity contribution in [2.45, 2.75) is 52.6 Å². The molecule has 0 aromatic carbocycles. The number of hydrogen-bond donors (Lipinski definition) is 4. The monoisotopic (exact) mass is 238 g/mol. The fourth-order valence-electron chi connectivity index (χ4n) is 0.795. The van der Waals surface area contributed by atoms with Crippen LogP contribution in [0.1, 0.15) is 41.5 Å². The lowest BCUT2D eigenvalue weighted by Crippen LogP contribution is -2.38. The van der Waals surface area contributed by atoms with E-state index in [2.05, 4.69) is 51.7 Å². The van der Waals surface area contributed by atoms with Crippen molar-refractivity contribution in [3.05, 3.63) is 0 Å². The van der Waals surface area contributed by atoms with Crippen LogP contribution in [0.4, 0.5) is 0 Å². The van der Waals surface area contributed by atoms with Crippen LogP contribution in [-0.4, -0.2) is 11.1 Å². The predicted molar refractivity (Wildman–Crippen MR) is 68.0 cm³/mol. The third-order valence-corrected chi connectivity index (χ3v) is 5.39. The highest BCUT2D eigenvalue weighted by Crippen LogP contribution is 2.54. The Morgan fingerprint density at radius 2 is 0.929 bits per heavy atom. The minimum Gasteiger partial charge on any atom is -0.292 e. The first-order valence-corrected chi connectivity index (χ1v) is 8.19. The number of nitrogens with one attached hydrogen (secondary N) is 2. The van der Waals surface area contributed by atoms with E-state index in [0.29, 0.717) is 0 Å². The molecule has 0 fully saturated rings. The van der Waals surface area contributed by atoms with E-state index in [9.17, 15) is 0 Å². The third-order valence-electron chi connectivity index (χ3n) is 1.13. The highest BCUT2D eigenvalue weighted by Gasteiger charge is 2.23. The van der Waals surface area contributed by atoms with Crippen molar-refractivity contribution < 1.29 is 0 Å². The maximum absolute atomic E-state index is 6.01. The Morgan fingerprint density at radius 3 is 1.07 bits per heavy atom.